The molecule has 0 saturated heterocycles. The molecule has 0 aromatic carbocycles. The molecule has 1 fully saturated rings. The second kappa shape index (κ2) is 5.89. The molecule has 1 saturated carbocycles. The lowest BCUT2D eigenvalue weighted by Gasteiger charge is -2.11. The smallest absolute Gasteiger partial charge is 0.149 e. The molecule has 1 aromatic heterocycles. The van der Waals surface area contributed by atoms with Gasteiger partial charge >= 0.3 is 0 Å². The number of rotatable bonds is 5. The number of aromatic nitrogens is 1. The maximum atomic E-state index is 5.90. The molecular formula is C14H23N3. The molecule has 3 heteroatoms. The SMILES string of the molecule is Cc1cnc(NCCCC2CCCC2)c(N)c1. The fraction of sp³-hybridized carbons (Fsp3) is 0.643. The van der Waals surface area contributed by atoms with Gasteiger partial charge in [0.1, 0.15) is 5.82 Å². The van der Waals surface area contributed by atoms with Crippen LogP contribution >= 0.6 is 0 Å². The highest BCUT2D eigenvalue weighted by Crippen LogP contribution is 2.28. The van der Waals surface area contributed by atoms with Gasteiger partial charge in [-0.1, -0.05) is 25.7 Å². The van der Waals surface area contributed by atoms with E-state index in [-0.39, 0.29) is 0 Å². The Balaban J connectivity index is 1.70. The third-order valence-electron chi connectivity index (χ3n) is 3.61. The molecule has 0 amide bonds. The van der Waals surface area contributed by atoms with Crippen molar-refractivity contribution in [3.05, 3.63) is 17.8 Å². The van der Waals surface area contributed by atoms with Crippen LogP contribution in [0.2, 0.25) is 0 Å². The minimum atomic E-state index is 0.755. The first-order valence-electron chi connectivity index (χ1n) is 6.71. The quantitative estimate of drug-likeness (QED) is 0.767. The first-order valence-corrected chi connectivity index (χ1v) is 6.71. The molecule has 3 nitrogen and oxygen atoms in total. The van der Waals surface area contributed by atoms with Crippen LogP contribution in [-0.4, -0.2) is 11.5 Å². The van der Waals surface area contributed by atoms with Crippen molar-refractivity contribution in [1.82, 2.24) is 4.98 Å². The highest BCUT2D eigenvalue weighted by atomic mass is 15.0. The Morgan fingerprint density at radius 3 is 2.88 bits per heavy atom. The van der Waals surface area contributed by atoms with E-state index in [1.54, 1.807) is 0 Å². The van der Waals surface area contributed by atoms with Gasteiger partial charge in [0.25, 0.3) is 0 Å². The van der Waals surface area contributed by atoms with Gasteiger partial charge < -0.3 is 11.1 Å². The van der Waals surface area contributed by atoms with Gasteiger partial charge in [0.15, 0.2) is 0 Å². The number of nitrogens with two attached hydrogens (primary N) is 1. The van der Waals surface area contributed by atoms with E-state index in [1.807, 2.05) is 19.2 Å². The predicted molar refractivity (Wildman–Crippen MR) is 73.1 cm³/mol. The average Bonchev–Trinajstić information content (AvgIpc) is 2.79. The van der Waals surface area contributed by atoms with Crippen molar-refractivity contribution in [2.75, 3.05) is 17.6 Å². The van der Waals surface area contributed by atoms with Gasteiger partial charge in [-0.05, 0) is 37.3 Å². The standard InChI is InChI=1S/C14H23N3/c1-11-9-13(15)14(17-10-11)16-8-4-7-12-5-2-3-6-12/h9-10,12H,2-8,15H2,1H3,(H,16,17). The minimum absolute atomic E-state index is 0.755. The van der Waals surface area contributed by atoms with Crippen LogP contribution < -0.4 is 11.1 Å². The van der Waals surface area contributed by atoms with Gasteiger partial charge in [0, 0.05) is 12.7 Å². The predicted octanol–water partition coefficient (Wildman–Crippen LogP) is 3.35. The van der Waals surface area contributed by atoms with Gasteiger partial charge in [0.2, 0.25) is 0 Å². The first kappa shape index (κ1) is 12.2. The third-order valence-corrected chi connectivity index (χ3v) is 3.61. The van der Waals surface area contributed by atoms with E-state index in [0.717, 1.165) is 29.5 Å². The molecule has 94 valence electrons. The van der Waals surface area contributed by atoms with Crippen molar-refractivity contribution < 1.29 is 0 Å². The van der Waals surface area contributed by atoms with Gasteiger partial charge in [-0.25, -0.2) is 4.98 Å². The molecule has 0 bridgehead atoms. The van der Waals surface area contributed by atoms with Gasteiger partial charge in [-0.3, -0.25) is 0 Å². The summed E-state index contributed by atoms with van der Waals surface area (Å²) in [5.41, 5.74) is 7.77. The summed E-state index contributed by atoms with van der Waals surface area (Å²) in [5.74, 6) is 1.81. The second-order valence-electron chi connectivity index (χ2n) is 5.17. The maximum Gasteiger partial charge on any atom is 0.149 e. The number of anilines is 2. The molecule has 3 N–H and O–H groups in total. The summed E-state index contributed by atoms with van der Waals surface area (Å²) in [4.78, 5) is 4.31. The summed E-state index contributed by atoms with van der Waals surface area (Å²) >= 11 is 0. The summed E-state index contributed by atoms with van der Waals surface area (Å²) in [6.07, 6.45) is 10.2. The Morgan fingerprint density at radius 1 is 1.41 bits per heavy atom. The normalized spacial score (nSPS) is 16.3. The zero-order chi connectivity index (χ0) is 12.1. The molecule has 0 atom stereocenters. The number of hydrogen-bond acceptors (Lipinski definition) is 3. The highest BCUT2D eigenvalue weighted by Gasteiger charge is 2.13. The lowest BCUT2D eigenvalue weighted by molar-refractivity contribution is 0.491. The second-order valence-corrected chi connectivity index (χ2v) is 5.17. The molecule has 1 heterocycles. The topological polar surface area (TPSA) is 50.9 Å². The Morgan fingerprint density at radius 2 is 2.18 bits per heavy atom. The fourth-order valence-electron chi connectivity index (χ4n) is 2.64. The number of nitrogen functional groups attached to an aromatic ring is 1. The fourth-order valence-corrected chi connectivity index (χ4v) is 2.64. The van der Waals surface area contributed by atoms with Crippen LogP contribution in [0.15, 0.2) is 12.3 Å². The Bertz CT molecular complexity index is 356. The van der Waals surface area contributed by atoms with E-state index in [0.29, 0.717) is 0 Å². The summed E-state index contributed by atoms with van der Waals surface area (Å²) < 4.78 is 0. The van der Waals surface area contributed by atoms with Crippen molar-refractivity contribution >= 4 is 11.5 Å². The van der Waals surface area contributed by atoms with Crippen LogP contribution in [-0.2, 0) is 0 Å². The largest absolute Gasteiger partial charge is 0.396 e. The van der Waals surface area contributed by atoms with E-state index in [4.69, 9.17) is 5.73 Å². The molecule has 1 aliphatic carbocycles. The average molecular weight is 233 g/mol. The molecule has 0 radical (unpaired) electrons. The number of nitrogens with zero attached hydrogens (tertiary/aromatic N) is 1. The van der Waals surface area contributed by atoms with Crippen molar-refractivity contribution in [3.8, 4) is 0 Å². The number of nitrogens with one attached hydrogen (secondary N) is 1. The summed E-state index contributed by atoms with van der Waals surface area (Å²) in [5, 5.41) is 3.33. The lowest BCUT2D eigenvalue weighted by Crippen LogP contribution is -2.07. The lowest BCUT2D eigenvalue weighted by atomic mass is 10.0. The molecule has 1 aromatic rings. The van der Waals surface area contributed by atoms with E-state index in [9.17, 15) is 0 Å². The van der Waals surface area contributed by atoms with Crippen LogP contribution in [0.4, 0.5) is 11.5 Å². The Hall–Kier alpha value is -1.25. The molecular weight excluding hydrogens is 210 g/mol. The van der Waals surface area contributed by atoms with E-state index in [1.165, 1.54) is 38.5 Å². The van der Waals surface area contributed by atoms with Crippen molar-refractivity contribution in [3.63, 3.8) is 0 Å². The van der Waals surface area contributed by atoms with Crippen molar-refractivity contribution in [2.24, 2.45) is 5.92 Å². The van der Waals surface area contributed by atoms with Crippen molar-refractivity contribution in [2.45, 2.75) is 45.4 Å². The van der Waals surface area contributed by atoms with Crippen LogP contribution in [0.1, 0.15) is 44.1 Å². The molecule has 0 unspecified atom stereocenters. The van der Waals surface area contributed by atoms with Crippen LogP contribution in [0.3, 0.4) is 0 Å². The van der Waals surface area contributed by atoms with Gasteiger partial charge in [0.05, 0.1) is 5.69 Å². The molecule has 2 rings (SSSR count). The van der Waals surface area contributed by atoms with E-state index in [2.05, 4.69) is 10.3 Å². The van der Waals surface area contributed by atoms with Crippen LogP contribution in [0, 0.1) is 12.8 Å². The van der Waals surface area contributed by atoms with Crippen molar-refractivity contribution in [1.29, 1.82) is 0 Å². The minimum Gasteiger partial charge on any atom is -0.396 e. The zero-order valence-corrected chi connectivity index (χ0v) is 10.7. The third kappa shape index (κ3) is 3.62. The summed E-state index contributed by atoms with van der Waals surface area (Å²) in [7, 11) is 0. The zero-order valence-electron chi connectivity index (χ0n) is 10.7. The molecule has 17 heavy (non-hydrogen) atoms. The molecule has 0 spiro atoms. The molecule has 0 aliphatic heterocycles. The van der Waals surface area contributed by atoms with Crippen LogP contribution in [0.5, 0.6) is 0 Å². The van der Waals surface area contributed by atoms with Gasteiger partial charge in [-0.2, -0.15) is 0 Å². The summed E-state index contributed by atoms with van der Waals surface area (Å²) in [6, 6.07) is 1.96. The summed E-state index contributed by atoms with van der Waals surface area (Å²) in [6.45, 7) is 2.99. The number of hydrogen-bond donors (Lipinski definition) is 2. The number of aryl methyl sites for hydroxylation is 1. The maximum absolute atomic E-state index is 5.90. The Labute approximate surface area is 104 Å². The van der Waals surface area contributed by atoms with Crippen LogP contribution in [0.25, 0.3) is 0 Å². The highest BCUT2D eigenvalue weighted by molar-refractivity contribution is 5.61. The Kier molecular flexibility index (Phi) is 4.24. The van der Waals surface area contributed by atoms with E-state index < -0.39 is 0 Å². The van der Waals surface area contributed by atoms with Gasteiger partial charge in [-0.15, -0.1) is 0 Å². The first-order chi connectivity index (χ1) is 8.25. The molecule has 1 aliphatic rings. The van der Waals surface area contributed by atoms with E-state index >= 15 is 0 Å². The number of pyridine rings is 1. The monoisotopic (exact) mass is 233 g/mol.